The van der Waals surface area contributed by atoms with Crippen molar-refractivity contribution >= 4 is 22.3 Å². The van der Waals surface area contributed by atoms with Crippen LogP contribution in [0.15, 0.2) is 65.6 Å². The van der Waals surface area contributed by atoms with Crippen molar-refractivity contribution in [2.75, 3.05) is 20.2 Å². The van der Waals surface area contributed by atoms with Crippen LogP contribution in [0.2, 0.25) is 0 Å². The smallest absolute Gasteiger partial charge is 0.412 e. The predicted molar refractivity (Wildman–Crippen MR) is 209 cm³/mol. The number of methoxy groups -OCH3 is 1. The minimum Gasteiger partial charge on any atom is -0.444 e. The fourth-order valence-corrected chi connectivity index (χ4v) is 8.33. The molecule has 0 aromatic heterocycles. The van der Waals surface area contributed by atoms with E-state index in [4.69, 9.17) is 18.8 Å². The summed E-state index contributed by atoms with van der Waals surface area (Å²) < 4.78 is 100. The van der Waals surface area contributed by atoms with E-state index in [1.54, 1.807) is 60.8 Å². The van der Waals surface area contributed by atoms with Crippen molar-refractivity contribution in [2.24, 2.45) is 11.8 Å². The lowest BCUT2D eigenvalue weighted by Gasteiger charge is -2.39. The molecule has 3 aromatic rings. The number of aryl methyl sites for hydroxylation is 1. The minimum absolute atomic E-state index is 0. The Kier molecular flexibility index (Phi) is 13.9. The Balaban J connectivity index is 0.000000207. The zero-order chi connectivity index (χ0) is 43.2. The second-order valence-corrected chi connectivity index (χ2v) is 19.0. The Hall–Kier alpha value is -4.29. The zero-order valence-corrected chi connectivity index (χ0v) is 35.2. The predicted octanol–water partition coefficient (Wildman–Crippen LogP) is 7.43. The summed E-state index contributed by atoms with van der Waals surface area (Å²) in [5.41, 5.74) is -0.0806. The van der Waals surface area contributed by atoms with Crippen LogP contribution in [0, 0.1) is 42.0 Å². The monoisotopic (exact) mass is 854 g/mol. The van der Waals surface area contributed by atoms with Crippen LogP contribution in [-0.4, -0.2) is 89.4 Å². The summed E-state index contributed by atoms with van der Waals surface area (Å²) >= 11 is 0. The Bertz CT molecular complexity index is 2070. The lowest BCUT2D eigenvalue weighted by Crippen LogP contribution is -2.51. The summed E-state index contributed by atoms with van der Waals surface area (Å²) in [6, 6.07) is 13.0. The van der Waals surface area contributed by atoms with E-state index in [2.05, 4.69) is 0 Å². The first-order valence-electron chi connectivity index (χ1n) is 18.9. The Labute approximate surface area is 342 Å². The van der Waals surface area contributed by atoms with Gasteiger partial charge in [0.2, 0.25) is 0 Å². The molecule has 2 heterocycles. The first-order chi connectivity index (χ1) is 26.7. The van der Waals surface area contributed by atoms with Gasteiger partial charge in [0.05, 0.1) is 4.90 Å². The van der Waals surface area contributed by atoms with Crippen LogP contribution in [0.3, 0.4) is 0 Å². The van der Waals surface area contributed by atoms with Crippen molar-refractivity contribution in [1.29, 1.82) is 0 Å². The van der Waals surface area contributed by atoms with Crippen molar-refractivity contribution in [3.63, 3.8) is 0 Å². The highest BCUT2D eigenvalue weighted by molar-refractivity contribution is 7.85. The number of hydrogen-bond donors (Lipinski definition) is 2. The van der Waals surface area contributed by atoms with Gasteiger partial charge in [0.1, 0.15) is 46.9 Å². The molecule has 2 aliphatic carbocycles. The zero-order valence-electron chi connectivity index (χ0n) is 34.4. The maximum Gasteiger partial charge on any atom is 0.412 e. The van der Waals surface area contributed by atoms with Crippen molar-refractivity contribution in [3.8, 4) is 0 Å². The molecule has 7 rings (SSSR count). The molecular weight excluding hydrogens is 801 g/mol. The minimum atomic E-state index is -4.02. The first kappa shape index (κ1) is 47.4. The Morgan fingerprint density at radius 1 is 0.712 bits per heavy atom. The normalized spacial score (nSPS) is 25.7. The molecule has 12 nitrogen and oxygen atoms in total. The molecule has 0 spiro atoms. The number of fused-ring (bicyclic) bond motifs is 2. The van der Waals surface area contributed by atoms with Gasteiger partial charge in [0.25, 0.3) is 10.1 Å². The van der Waals surface area contributed by atoms with Crippen LogP contribution >= 0.6 is 0 Å². The fourth-order valence-electron chi connectivity index (χ4n) is 7.85. The number of likely N-dealkylation sites (tertiary alicyclic amines) is 2. The van der Waals surface area contributed by atoms with E-state index in [1.807, 2.05) is 6.92 Å². The molecule has 4 N–H and O–H groups in total. The van der Waals surface area contributed by atoms with Crippen molar-refractivity contribution < 1.29 is 64.9 Å². The van der Waals surface area contributed by atoms with Gasteiger partial charge in [-0.05, 0) is 134 Å². The number of carbonyl (C=O) groups is 2. The van der Waals surface area contributed by atoms with Gasteiger partial charge < -0.3 is 24.8 Å². The molecular formula is C42H54F4N2O10S. The van der Waals surface area contributed by atoms with Gasteiger partial charge in [-0.3, -0.25) is 14.4 Å². The van der Waals surface area contributed by atoms with E-state index in [-0.39, 0.29) is 35.0 Å². The second-order valence-electron chi connectivity index (χ2n) is 17.6. The Morgan fingerprint density at radius 3 is 1.49 bits per heavy atom. The van der Waals surface area contributed by atoms with E-state index in [0.29, 0.717) is 36.9 Å². The average molecular weight is 855 g/mol. The van der Waals surface area contributed by atoms with E-state index >= 15 is 0 Å². The van der Waals surface area contributed by atoms with Crippen LogP contribution in [-0.2, 0) is 35.2 Å². The van der Waals surface area contributed by atoms with Gasteiger partial charge in [-0.25, -0.2) is 27.2 Å². The molecule has 0 bridgehead atoms. The highest BCUT2D eigenvalue weighted by atomic mass is 32.2. The molecule has 4 fully saturated rings. The van der Waals surface area contributed by atoms with Gasteiger partial charge in [-0.15, -0.1) is 0 Å². The summed E-state index contributed by atoms with van der Waals surface area (Å²) in [4.78, 5) is 27.6. The third-order valence-corrected chi connectivity index (χ3v) is 11.6. The topological polar surface area (TPSA) is 174 Å². The number of hydrogen-bond acceptors (Lipinski definition) is 8. The van der Waals surface area contributed by atoms with Crippen molar-refractivity contribution in [2.45, 2.75) is 114 Å². The van der Waals surface area contributed by atoms with Crippen LogP contribution in [0.25, 0.3) is 0 Å². The molecule has 2 saturated heterocycles. The highest BCUT2D eigenvalue weighted by Crippen LogP contribution is 2.61. The van der Waals surface area contributed by atoms with E-state index < -0.39 is 73.8 Å². The third kappa shape index (κ3) is 11.5. The van der Waals surface area contributed by atoms with Crippen LogP contribution in [0.1, 0.15) is 83.9 Å². The van der Waals surface area contributed by atoms with Crippen molar-refractivity contribution in [3.05, 3.63) is 101 Å². The van der Waals surface area contributed by atoms with Crippen molar-refractivity contribution in [1.82, 2.24) is 9.80 Å². The molecule has 0 radical (unpaired) electrons. The molecule has 4 aliphatic rings. The number of nitrogens with zero attached hydrogens (tertiary/aromatic N) is 2. The lowest BCUT2D eigenvalue weighted by atomic mass is 9.88. The van der Waals surface area contributed by atoms with Crippen LogP contribution < -0.4 is 0 Å². The van der Waals surface area contributed by atoms with Gasteiger partial charge in [-0.1, -0.05) is 17.7 Å². The third-order valence-electron chi connectivity index (χ3n) is 10.8. The van der Waals surface area contributed by atoms with Gasteiger partial charge >= 0.3 is 12.2 Å². The summed E-state index contributed by atoms with van der Waals surface area (Å²) in [5, 5.41) is 10.2. The number of piperidine rings is 2. The number of carbonyl (C=O) groups excluding carboxylic acids is 2. The molecule has 2 saturated carbocycles. The summed E-state index contributed by atoms with van der Waals surface area (Å²) in [5.74, 6) is -2.07. The maximum atomic E-state index is 13.6. The van der Waals surface area contributed by atoms with Gasteiger partial charge in [0.15, 0.2) is 0 Å². The number of ether oxygens (including phenoxy) is 3. The van der Waals surface area contributed by atoms with Gasteiger partial charge in [-0.2, -0.15) is 8.42 Å². The first-order valence-corrected chi connectivity index (χ1v) is 20.4. The molecule has 2 amide bonds. The van der Waals surface area contributed by atoms with E-state index in [0.717, 1.165) is 24.1 Å². The molecule has 59 heavy (non-hydrogen) atoms. The standard InChI is InChI=1S/C18H23F2NO3.C17H21F2NO3.C7H8O3S.H2O/c1-17(2,3)24-16(22)21-10-18(9-12(18)7-15(21)23-4)11-5-13(19)8-14(20)6-11;1-16(2,3)23-15(22)20-9-17(8-11(17)6-14(20)21)10-4-12(18)7-13(19)5-10;1-6-2-4-7(5-3-6)11(8,9)10;/h5-6,8,12,15H,7,9-10H2,1-4H3;4-5,7,11,14,21H,6,8-9H2,1-3H3;2-5H,1H3,(H,8,9,10);1H2/t12-,15?,18-;11-,14?,17-;;/m11../s1. The number of aliphatic hydroxyl groups excluding tert-OH is 1. The number of rotatable bonds is 4. The van der Waals surface area contributed by atoms with Crippen LogP contribution in [0.5, 0.6) is 0 Å². The maximum absolute atomic E-state index is 13.6. The van der Waals surface area contributed by atoms with Gasteiger partial charge in [0, 0.05) is 43.2 Å². The average Bonchev–Trinajstić information content (AvgIpc) is 3.99. The summed E-state index contributed by atoms with van der Waals surface area (Å²) in [7, 11) is -2.46. The number of benzene rings is 3. The largest absolute Gasteiger partial charge is 0.444 e. The molecule has 3 aromatic carbocycles. The molecule has 326 valence electrons. The SMILES string of the molecule is CC(C)(C)OC(=O)N1C[C@@]2(c3cc(F)cc(F)c3)C[C@H]2CC1O.COC1C[C@@H]2C[C@]2(c2cc(F)cc(F)c2)CN1C(=O)OC(C)(C)C.Cc1ccc(S(=O)(=O)O)cc1.O. The quantitative estimate of drug-likeness (QED) is 0.200. The molecule has 2 aliphatic heterocycles. The van der Waals surface area contributed by atoms with Crippen LogP contribution in [0.4, 0.5) is 27.2 Å². The number of aliphatic hydroxyl groups is 1. The molecule has 6 atom stereocenters. The molecule has 2 unspecified atom stereocenters. The fraction of sp³-hybridized carbons (Fsp3) is 0.524. The molecule has 17 heteroatoms. The summed E-state index contributed by atoms with van der Waals surface area (Å²) in [6.45, 7) is 13.0. The highest BCUT2D eigenvalue weighted by Gasteiger charge is 2.62. The van der Waals surface area contributed by atoms with E-state index in [1.165, 1.54) is 46.2 Å². The number of halogens is 4. The number of amides is 2. The second kappa shape index (κ2) is 17.4. The summed E-state index contributed by atoms with van der Waals surface area (Å²) in [6.07, 6.45) is 0.136. The Morgan fingerprint density at radius 2 is 1.10 bits per heavy atom. The van der Waals surface area contributed by atoms with E-state index in [9.17, 15) is 40.7 Å². The lowest BCUT2D eigenvalue weighted by molar-refractivity contribution is -0.0704.